The van der Waals surface area contributed by atoms with Gasteiger partial charge in [-0.15, -0.1) is 13.2 Å². The molecule has 0 aliphatic carbocycles. The van der Waals surface area contributed by atoms with Crippen molar-refractivity contribution >= 4 is 5.91 Å². The summed E-state index contributed by atoms with van der Waals surface area (Å²) in [5.74, 6) is -1.89. The van der Waals surface area contributed by atoms with Gasteiger partial charge in [-0.1, -0.05) is 13.0 Å². The van der Waals surface area contributed by atoms with Gasteiger partial charge in [-0.25, -0.2) is 4.39 Å². The van der Waals surface area contributed by atoms with E-state index >= 15 is 0 Å². The number of hydrogen-bond acceptors (Lipinski definition) is 5. The van der Waals surface area contributed by atoms with Gasteiger partial charge in [-0.3, -0.25) is 9.59 Å². The molecule has 33 heavy (non-hydrogen) atoms. The lowest BCUT2D eigenvalue weighted by atomic mass is 10.1. The highest BCUT2D eigenvalue weighted by Gasteiger charge is 2.31. The van der Waals surface area contributed by atoms with Crippen molar-refractivity contribution in [3.05, 3.63) is 76.3 Å². The molecule has 3 rings (SSSR count). The SMILES string of the molecule is CC[C@@H](CO)NC(=O)c1cc(-c2ccc(OC(F)(F)F)cc2)nn(-c2cccc(F)c2)c1=O. The fourth-order valence-corrected chi connectivity index (χ4v) is 2.95. The summed E-state index contributed by atoms with van der Waals surface area (Å²) in [5.41, 5.74) is -0.793. The van der Waals surface area contributed by atoms with Gasteiger partial charge in [0.1, 0.15) is 17.1 Å². The lowest BCUT2D eigenvalue weighted by Crippen LogP contribution is -2.40. The van der Waals surface area contributed by atoms with E-state index in [2.05, 4.69) is 15.2 Å². The molecule has 0 radical (unpaired) electrons. The molecule has 2 aromatic carbocycles. The summed E-state index contributed by atoms with van der Waals surface area (Å²) in [6, 6.07) is 10.2. The maximum Gasteiger partial charge on any atom is 0.573 e. The number of nitrogens with zero attached hydrogens (tertiary/aromatic N) is 2. The normalized spacial score (nSPS) is 12.3. The first-order valence-corrected chi connectivity index (χ1v) is 9.79. The maximum atomic E-state index is 13.8. The highest BCUT2D eigenvalue weighted by atomic mass is 19.4. The van der Waals surface area contributed by atoms with Crippen LogP contribution in [0.3, 0.4) is 0 Å². The lowest BCUT2D eigenvalue weighted by Gasteiger charge is -2.15. The zero-order valence-corrected chi connectivity index (χ0v) is 17.3. The van der Waals surface area contributed by atoms with Crippen molar-refractivity contribution in [3.8, 4) is 22.7 Å². The summed E-state index contributed by atoms with van der Waals surface area (Å²) in [5, 5.41) is 16.0. The van der Waals surface area contributed by atoms with Gasteiger partial charge < -0.3 is 15.2 Å². The monoisotopic (exact) mass is 465 g/mol. The molecule has 0 saturated heterocycles. The number of carbonyl (C=O) groups is 1. The van der Waals surface area contributed by atoms with E-state index in [0.29, 0.717) is 6.42 Å². The van der Waals surface area contributed by atoms with Gasteiger partial charge in [0.05, 0.1) is 24.0 Å². The molecule has 0 fully saturated rings. The van der Waals surface area contributed by atoms with Crippen LogP contribution in [-0.4, -0.2) is 39.8 Å². The van der Waals surface area contributed by atoms with E-state index in [9.17, 15) is 32.3 Å². The Bertz CT molecular complexity index is 1190. The van der Waals surface area contributed by atoms with Gasteiger partial charge in [0.15, 0.2) is 0 Å². The topological polar surface area (TPSA) is 93.4 Å². The molecular formula is C22H19F4N3O4. The number of aliphatic hydroxyl groups is 1. The van der Waals surface area contributed by atoms with Gasteiger partial charge >= 0.3 is 6.36 Å². The number of alkyl halides is 3. The molecule has 3 aromatic rings. The quantitative estimate of drug-likeness (QED) is 0.522. The number of rotatable bonds is 7. The predicted molar refractivity (Wildman–Crippen MR) is 111 cm³/mol. The molecule has 1 atom stereocenters. The van der Waals surface area contributed by atoms with Crippen molar-refractivity contribution in [2.45, 2.75) is 25.7 Å². The van der Waals surface area contributed by atoms with Crippen LogP contribution in [0.15, 0.2) is 59.4 Å². The molecule has 1 amide bonds. The van der Waals surface area contributed by atoms with Gasteiger partial charge in [0.25, 0.3) is 11.5 Å². The van der Waals surface area contributed by atoms with Crippen LogP contribution in [0.2, 0.25) is 0 Å². The summed E-state index contributed by atoms with van der Waals surface area (Å²) in [4.78, 5) is 25.7. The number of aliphatic hydroxyl groups excluding tert-OH is 1. The van der Waals surface area contributed by atoms with E-state index < -0.39 is 35.4 Å². The average Bonchev–Trinajstić information content (AvgIpc) is 2.77. The van der Waals surface area contributed by atoms with Crippen LogP contribution >= 0.6 is 0 Å². The number of benzene rings is 2. The second-order valence-electron chi connectivity index (χ2n) is 6.97. The van der Waals surface area contributed by atoms with Crippen LogP contribution in [0, 0.1) is 5.82 Å². The van der Waals surface area contributed by atoms with Crippen LogP contribution in [0.5, 0.6) is 5.75 Å². The van der Waals surface area contributed by atoms with E-state index in [1.54, 1.807) is 6.92 Å². The molecule has 2 N–H and O–H groups in total. The molecule has 0 unspecified atom stereocenters. The fraction of sp³-hybridized carbons (Fsp3) is 0.227. The van der Waals surface area contributed by atoms with Crippen LogP contribution in [0.4, 0.5) is 17.6 Å². The molecule has 0 bridgehead atoms. The second-order valence-corrected chi connectivity index (χ2v) is 6.97. The van der Waals surface area contributed by atoms with Crippen LogP contribution < -0.4 is 15.6 Å². The number of hydrogen-bond donors (Lipinski definition) is 2. The minimum atomic E-state index is -4.86. The van der Waals surface area contributed by atoms with E-state index in [1.165, 1.54) is 36.4 Å². The lowest BCUT2D eigenvalue weighted by molar-refractivity contribution is -0.274. The Morgan fingerprint density at radius 2 is 1.88 bits per heavy atom. The number of amides is 1. The molecule has 0 aliphatic rings. The summed E-state index contributed by atoms with van der Waals surface area (Å²) < 4.78 is 55.7. The summed E-state index contributed by atoms with van der Waals surface area (Å²) >= 11 is 0. The predicted octanol–water partition coefficient (Wildman–Crippen LogP) is 3.44. The Morgan fingerprint density at radius 1 is 1.18 bits per heavy atom. The third-order valence-electron chi connectivity index (χ3n) is 4.64. The third kappa shape index (κ3) is 5.95. The van der Waals surface area contributed by atoms with E-state index in [0.717, 1.165) is 22.9 Å². The molecule has 1 heterocycles. The summed E-state index contributed by atoms with van der Waals surface area (Å²) in [6.45, 7) is 1.38. The molecule has 1 aromatic heterocycles. The van der Waals surface area contributed by atoms with Gasteiger partial charge in [0, 0.05) is 5.56 Å². The first kappa shape index (κ1) is 23.9. The fourth-order valence-electron chi connectivity index (χ4n) is 2.95. The Labute approximate surface area is 185 Å². The van der Waals surface area contributed by atoms with E-state index in [-0.39, 0.29) is 29.1 Å². The van der Waals surface area contributed by atoms with Crippen molar-refractivity contribution in [3.63, 3.8) is 0 Å². The molecule has 11 heteroatoms. The van der Waals surface area contributed by atoms with Crippen molar-refractivity contribution in [1.82, 2.24) is 15.1 Å². The average molecular weight is 465 g/mol. The van der Waals surface area contributed by atoms with Gasteiger partial charge in [0.2, 0.25) is 0 Å². The largest absolute Gasteiger partial charge is 0.573 e. The summed E-state index contributed by atoms with van der Waals surface area (Å²) in [7, 11) is 0. The van der Waals surface area contributed by atoms with Crippen LogP contribution in [0.1, 0.15) is 23.7 Å². The van der Waals surface area contributed by atoms with Crippen molar-refractivity contribution in [1.29, 1.82) is 0 Å². The smallest absolute Gasteiger partial charge is 0.406 e. The molecule has 174 valence electrons. The van der Waals surface area contributed by atoms with Gasteiger partial charge in [-0.2, -0.15) is 9.78 Å². The zero-order valence-electron chi connectivity index (χ0n) is 17.3. The van der Waals surface area contributed by atoms with E-state index in [4.69, 9.17) is 0 Å². The summed E-state index contributed by atoms with van der Waals surface area (Å²) in [6.07, 6.45) is -4.46. The molecular weight excluding hydrogens is 446 g/mol. The number of aromatic nitrogens is 2. The number of halogens is 4. The van der Waals surface area contributed by atoms with Crippen LogP contribution in [0.25, 0.3) is 16.9 Å². The highest BCUT2D eigenvalue weighted by molar-refractivity contribution is 5.95. The Balaban J connectivity index is 2.11. The van der Waals surface area contributed by atoms with Crippen molar-refractivity contribution in [2.24, 2.45) is 0 Å². The number of ether oxygens (including phenoxy) is 1. The highest BCUT2D eigenvalue weighted by Crippen LogP contribution is 2.26. The molecule has 0 aliphatic heterocycles. The minimum absolute atomic E-state index is 0.0436. The molecule has 0 saturated carbocycles. The maximum absolute atomic E-state index is 13.8. The zero-order chi connectivity index (χ0) is 24.2. The van der Waals surface area contributed by atoms with Crippen molar-refractivity contribution < 1.29 is 32.2 Å². The van der Waals surface area contributed by atoms with Gasteiger partial charge in [-0.05, 0) is 55.0 Å². The second kappa shape index (κ2) is 9.82. The number of nitrogens with one attached hydrogen (secondary N) is 1. The Hall–Kier alpha value is -3.73. The first-order valence-electron chi connectivity index (χ1n) is 9.79. The first-order chi connectivity index (χ1) is 15.6. The van der Waals surface area contributed by atoms with E-state index in [1.807, 2.05) is 0 Å². The number of carbonyl (C=O) groups excluding carboxylic acids is 1. The standard InChI is InChI=1S/C22H19F4N3O4/c1-2-15(12-30)27-20(31)18-11-19(13-6-8-17(9-7-13)33-22(24,25)26)28-29(21(18)32)16-5-3-4-14(23)10-16/h3-11,15,30H,2,12H2,1H3,(H,27,31)/t15-/m0/s1. The van der Waals surface area contributed by atoms with Crippen LogP contribution in [-0.2, 0) is 0 Å². The third-order valence-corrected chi connectivity index (χ3v) is 4.64. The molecule has 7 nitrogen and oxygen atoms in total. The minimum Gasteiger partial charge on any atom is -0.406 e. The Morgan fingerprint density at radius 3 is 2.45 bits per heavy atom. The molecule has 0 spiro atoms. The van der Waals surface area contributed by atoms with Crippen molar-refractivity contribution in [2.75, 3.05) is 6.61 Å². The Kier molecular flexibility index (Phi) is 7.12.